The van der Waals surface area contributed by atoms with Gasteiger partial charge in [0.25, 0.3) is 5.91 Å². The second-order valence-corrected chi connectivity index (χ2v) is 5.92. The zero-order chi connectivity index (χ0) is 17.3. The molecule has 1 saturated heterocycles. The number of likely N-dealkylation sites (tertiary alicyclic amines) is 1. The summed E-state index contributed by atoms with van der Waals surface area (Å²) < 4.78 is 52.6. The smallest absolute Gasteiger partial charge is 0.338 e. The van der Waals surface area contributed by atoms with Gasteiger partial charge in [-0.05, 0) is 36.1 Å². The Kier molecular flexibility index (Phi) is 4.30. The molecule has 1 heterocycles. The van der Waals surface area contributed by atoms with Crippen molar-refractivity contribution in [2.75, 3.05) is 13.1 Å². The van der Waals surface area contributed by atoms with Gasteiger partial charge in [0.1, 0.15) is 5.82 Å². The number of hydrogen-bond donors (Lipinski definition) is 0. The maximum Gasteiger partial charge on any atom is 0.416 e. The van der Waals surface area contributed by atoms with Crippen molar-refractivity contribution in [1.29, 1.82) is 0 Å². The van der Waals surface area contributed by atoms with Crippen LogP contribution in [0.2, 0.25) is 0 Å². The van der Waals surface area contributed by atoms with Crippen LogP contribution in [0.15, 0.2) is 48.5 Å². The van der Waals surface area contributed by atoms with Gasteiger partial charge in [0.15, 0.2) is 0 Å². The van der Waals surface area contributed by atoms with Gasteiger partial charge < -0.3 is 4.90 Å². The van der Waals surface area contributed by atoms with Gasteiger partial charge in [-0.3, -0.25) is 4.79 Å². The van der Waals surface area contributed by atoms with E-state index in [0.717, 1.165) is 6.07 Å². The first-order chi connectivity index (χ1) is 11.4. The summed E-state index contributed by atoms with van der Waals surface area (Å²) in [6.45, 7) is 0.665. The Morgan fingerprint density at radius 3 is 2.33 bits per heavy atom. The van der Waals surface area contributed by atoms with Gasteiger partial charge in [0.2, 0.25) is 0 Å². The van der Waals surface area contributed by atoms with Crippen LogP contribution in [0.5, 0.6) is 0 Å². The zero-order valence-electron chi connectivity index (χ0n) is 12.7. The Hall–Kier alpha value is -2.37. The van der Waals surface area contributed by atoms with Crippen molar-refractivity contribution in [1.82, 2.24) is 4.90 Å². The second kappa shape index (κ2) is 6.26. The number of carbonyl (C=O) groups excluding carboxylic acids is 1. The fourth-order valence-electron chi connectivity index (χ4n) is 2.96. The maximum absolute atomic E-state index is 13.6. The summed E-state index contributed by atoms with van der Waals surface area (Å²) in [7, 11) is 0. The van der Waals surface area contributed by atoms with Crippen molar-refractivity contribution in [3.05, 3.63) is 71.0 Å². The highest BCUT2D eigenvalue weighted by Gasteiger charge is 2.36. The van der Waals surface area contributed by atoms with Gasteiger partial charge in [0.05, 0.1) is 11.1 Å². The molecule has 2 aromatic rings. The molecule has 0 bridgehead atoms. The van der Waals surface area contributed by atoms with Crippen LogP contribution < -0.4 is 0 Å². The van der Waals surface area contributed by atoms with Crippen LogP contribution in [0.25, 0.3) is 0 Å². The Balaban J connectivity index is 1.64. The second-order valence-electron chi connectivity index (χ2n) is 5.92. The van der Waals surface area contributed by atoms with Crippen LogP contribution in [-0.4, -0.2) is 23.9 Å². The topological polar surface area (TPSA) is 20.3 Å². The molecular weight excluding hydrogens is 322 g/mol. The number of benzene rings is 2. The Bertz CT molecular complexity index is 751. The summed E-state index contributed by atoms with van der Waals surface area (Å²) in [5.74, 6) is -1.06. The zero-order valence-corrected chi connectivity index (χ0v) is 12.7. The normalized spacial score (nSPS) is 15.2. The quantitative estimate of drug-likeness (QED) is 0.770. The van der Waals surface area contributed by atoms with Gasteiger partial charge in [-0.1, -0.05) is 30.3 Å². The lowest BCUT2D eigenvalue weighted by Crippen LogP contribution is -2.51. The molecule has 0 saturated carbocycles. The standard InChI is InChI=1S/C18H15F4NO/c19-16-8-4-2-6-14(16)17(24)23-10-12(11-23)9-13-5-1-3-7-15(13)18(20,21)22/h1-8,12H,9-11H2. The molecule has 3 rings (SSSR count). The molecule has 0 atom stereocenters. The van der Waals surface area contributed by atoms with Crippen LogP contribution in [0.1, 0.15) is 21.5 Å². The molecule has 126 valence electrons. The van der Waals surface area contributed by atoms with Crippen LogP contribution in [0, 0.1) is 11.7 Å². The SMILES string of the molecule is O=C(c1ccccc1F)N1CC(Cc2ccccc2C(F)(F)F)C1. The van der Waals surface area contributed by atoms with E-state index in [1.807, 2.05) is 0 Å². The predicted octanol–water partition coefficient (Wildman–Crippen LogP) is 4.16. The number of hydrogen-bond acceptors (Lipinski definition) is 1. The van der Waals surface area contributed by atoms with Crippen LogP contribution in [0.3, 0.4) is 0 Å². The van der Waals surface area contributed by atoms with E-state index in [2.05, 4.69) is 0 Å². The molecule has 1 amide bonds. The third-order valence-corrected chi connectivity index (χ3v) is 4.18. The predicted molar refractivity (Wildman–Crippen MR) is 80.9 cm³/mol. The summed E-state index contributed by atoms with van der Waals surface area (Å²) in [6, 6.07) is 11.2. The number of nitrogens with zero attached hydrogens (tertiary/aromatic N) is 1. The van der Waals surface area contributed by atoms with E-state index >= 15 is 0 Å². The summed E-state index contributed by atoms with van der Waals surface area (Å²) in [5, 5.41) is 0. The Morgan fingerprint density at radius 2 is 1.67 bits per heavy atom. The molecule has 1 fully saturated rings. The average Bonchev–Trinajstić information content (AvgIpc) is 2.50. The molecular formula is C18H15F4NO. The highest BCUT2D eigenvalue weighted by atomic mass is 19.4. The van der Waals surface area contributed by atoms with Crippen molar-refractivity contribution >= 4 is 5.91 Å². The minimum absolute atomic E-state index is 0.00774. The molecule has 0 spiro atoms. The van der Waals surface area contributed by atoms with E-state index in [-0.39, 0.29) is 23.5 Å². The molecule has 0 aromatic heterocycles. The molecule has 0 radical (unpaired) electrons. The third-order valence-electron chi connectivity index (χ3n) is 4.18. The first kappa shape index (κ1) is 16.5. The van der Waals surface area contributed by atoms with Gasteiger partial charge in [-0.25, -0.2) is 4.39 Å². The fourth-order valence-corrected chi connectivity index (χ4v) is 2.96. The van der Waals surface area contributed by atoms with Crippen molar-refractivity contribution in [3.63, 3.8) is 0 Å². The molecule has 24 heavy (non-hydrogen) atoms. The summed E-state index contributed by atoms with van der Waals surface area (Å²) in [6.07, 6.45) is -4.14. The highest BCUT2D eigenvalue weighted by Crippen LogP contribution is 2.34. The van der Waals surface area contributed by atoms with Crippen LogP contribution >= 0.6 is 0 Å². The van der Waals surface area contributed by atoms with Gasteiger partial charge >= 0.3 is 6.18 Å². The van der Waals surface area contributed by atoms with E-state index in [1.165, 1.54) is 35.2 Å². The lowest BCUT2D eigenvalue weighted by atomic mass is 9.89. The number of alkyl halides is 3. The van der Waals surface area contributed by atoms with E-state index < -0.39 is 23.5 Å². The number of amides is 1. The van der Waals surface area contributed by atoms with Crippen molar-refractivity contribution in [2.45, 2.75) is 12.6 Å². The Labute approximate surface area is 136 Å². The number of rotatable bonds is 3. The lowest BCUT2D eigenvalue weighted by molar-refractivity contribution is -0.138. The third kappa shape index (κ3) is 3.27. The summed E-state index contributed by atoms with van der Waals surface area (Å²) in [5.41, 5.74) is -0.413. The summed E-state index contributed by atoms with van der Waals surface area (Å²) in [4.78, 5) is 13.6. The first-order valence-corrected chi connectivity index (χ1v) is 7.55. The molecule has 0 unspecified atom stereocenters. The van der Waals surface area contributed by atoms with Gasteiger partial charge in [-0.2, -0.15) is 13.2 Å². The maximum atomic E-state index is 13.6. The molecule has 2 nitrogen and oxygen atoms in total. The molecule has 2 aromatic carbocycles. The number of carbonyl (C=O) groups is 1. The van der Waals surface area contributed by atoms with Crippen LogP contribution in [-0.2, 0) is 12.6 Å². The molecule has 1 aliphatic rings. The molecule has 0 aliphatic carbocycles. The van der Waals surface area contributed by atoms with Crippen molar-refractivity contribution < 1.29 is 22.4 Å². The van der Waals surface area contributed by atoms with E-state index in [0.29, 0.717) is 13.1 Å². The van der Waals surface area contributed by atoms with Crippen molar-refractivity contribution in [2.24, 2.45) is 5.92 Å². The first-order valence-electron chi connectivity index (χ1n) is 7.55. The molecule has 0 N–H and O–H groups in total. The monoisotopic (exact) mass is 337 g/mol. The number of halogens is 4. The largest absolute Gasteiger partial charge is 0.416 e. The molecule has 1 aliphatic heterocycles. The van der Waals surface area contributed by atoms with E-state index in [9.17, 15) is 22.4 Å². The summed E-state index contributed by atoms with van der Waals surface area (Å²) >= 11 is 0. The fraction of sp³-hybridized carbons (Fsp3) is 0.278. The van der Waals surface area contributed by atoms with E-state index in [4.69, 9.17) is 0 Å². The minimum atomic E-state index is -4.39. The average molecular weight is 337 g/mol. The van der Waals surface area contributed by atoms with Gasteiger partial charge in [-0.15, -0.1) is 0 Å². The van der Waals surface area contributed by atoms with Crippen LogP contribution in [0.4, 0.5) is 17.6 Å². The minimum Gasteiger partial charge on any atom is -0.338 e. The Morgan fingerprint density at radius 1 is 1.04 bits per heavy atom. The van der Waals surface area contributed by atoms with Gasteiger partial charge in [0, 0.05) is 13.1 Å². The van der Waals surface area contributed by atoms with E-state index in [1.54, 1.807) is 12.1 Å². The van der Waals surface area contributed by atoms with Crippen molar-refractivity contribution in [3.8, 4) is 0 Å². The highest BCUT2D eigenvalue weighted by molar-refractivity contribution is 5.95. The molecule has 6 heteroatoms. The lowest BCUT2D eigenvalue weighted by Gasteiger charge is -2.39.